The van der Waals surface area contributed by atoms with Crippen LogP contribution in [0.25, 0.3) is 0 Å². The molecule has 0 unspecified atom stereocenters. The van der Waals surface area contributed by atoms with Crippen molar-refractivity contribution in [3.05, 3.63) is 105 Å². The summed E-state index contributed by atoms with van der Waals surface area (Å²) in [7, 11) is 1.74. The van der Waals surface area contributed by atoms with E-state index in [0.717, 1.165) is 30.2 Å². The van der Waals surface area contributed by atoms with Crippen molar-refractivity contribution in [2.75, 3.05) is 20.1 Å². The summed E-state index contributed by atoms with van der Waals surface area (Å²) in [6.07, 6.45) is 2.71. The van der Waals surface area contributed by atoms with Crippen molar-refractivity contribution < 1.29 is 9.59 Å². The average molecular weight is 589 g/mol. The van der Waals surface area contributed by atoms with E-state index in [1.165, 1.54) is 28.2 Å². The number of carbonyl (C=O) groups excluding carboxylic acids is 2. The van der Waals surface area contributed by atoms with E-state index >= 15 is 0 Å². The Hall–Kier alpha value is -3.82. The molecule has 2 heterocycles. The van der Waals surface area contributed by atoms with Gasteiger partial charge in [0, 0.05) is 53.6 Å². The molecule has 0 radical (unpaired) electrons. The monoisotopic (exact) mass is 588 g/mol. The molecule has 0 atom stereocenters. The second kappa shape index (κ2) is 15.4. The molecule has 224 valence electrons. The van der Waals surface area contributed by atoms with Gasteiger partial charge in [0.2, 0.25) is 0 Å². The summed E-state index contributed by atoms with van der Waals surface area (Å²) < 4.78 is 2.04. The summed E-state index contributed by atoms with van der Waals surface area (Å²) >= 11 is 1.54. The minimum atomic E-state index is -0.180. The highest BCUT2D eigenvalue weighted by Crippen LogP contribution is 2.18. The third-order valence-electron chi connectivity index (χ3n) is 6.58. The van der Waals surface area contributed by atoms with E-state index in [-0.39, 0.29) is 17.4 Å². The summed E-state index contributed by atoms with van der Waals surface area (Å²) in [6, 6.07) is 17.1. The first-order chi connectivity index (χ1) is 20.0. The van der Waals surface area contributed by atoms with Gasteiger partial charge in [-0.2, -0.15) is 5.10 Å². The van der Waals surface area contributed by atoms with E-state index in [0.29, 0.717) is 24.2 Å². The van der Waals surface area contributed by atoms with Crippen LogP contribution in [0.1, 0.15) is 75.4 Å². The van der Waals surface area contributed by atoms with Crippen molar-refractivity contribution in [2.24, 2.45) is 0 Å². The number of carbonyl (C=O) groups is 2. The van der Waals surface area contributed by atoms with Gasteiger partial charge < -0.3 is 15.5 Å². The number of rotatable bonds is 10. The Morgan fingerprint density at radius 1 is 0.976 bits per heavy atom. The van der Waals surface area contributed by atoms with Gasteiger partial charge in [-0.1, -0.05) is 42.0 Å². The summed E-state index contributed by atoms with van der Waals surface area (Å²) in [5, 5.41) is 13.7. The fourth-order valence-corrected chi connectivity index (χ4v) is 5.16. The molecule has 0 aliphatic rings. The molecular weight excluding hydrogens is 544 g/mol. The van der Waals surface area contributed by atoms with E-state index in [9.17, 15) is 9.59 Å². The van der Waals surface area contributed by atoms with E-state index in [1.807, 2.05) is 41.4 Å². The summed E-state index contributed by atoms with van der Waals surface area (Å²) in [4.78, 5) is 31.4. The molecule has 0 bridgehead atoms. The van der Waals surface area contributed by atoms with Crippen LogP contribution >= 0.6 is 11.3 Å². The smallest absolute Gasteiger partial charge is 0.253 e. The zero-order valence-electron chi connectivity index (χ0n) is 25.9. The van der Waals surface area contributed by atoms with Crippen molar-refractivity contribution in [1.29, 1.82) is 0 Å². The molecule has 0 saturated heterocycles. The van der Waals surface area contributed by atoms with Gasteiger partial charge in [0.05, 0.1) is 18.3 Å². The average Bonchev–Trinajstić information content (AvgIpc) is 3.55. The van der Waals surface area contributed by atoms with Crippen molar-refractivity contribution in [1.82, 2.24) is 30.3 Å². The number of aromatic nitrogens is 3. The van der Waals surface area contributed by atoms with Crippen molar-refractivity contribution in [3.8, 4) is 0 Å². The van der Waals surface area contributed by atoms with Gasteiger partial charge in [0.1, 0.15) is 5.01 Å². The van der Waals surface area contributed by atoms with Crippen molar-refractivity contribution in [3.63, 3.8) is 0 Å². The van der Waals surface area contributed by atoms with Gasteiger partial charge >= 0.3 is 0 Å². The summed E-state index contributed by atoms with van der Waals surface area (Å²) in [5.41, 5.74) is 5.55. The highest BCUT2D eigenvalue weighted by atomic mass is 32.1. The first kappa shape index (κ1) is 32.7. The van der Waals surface area contributed by atoms with E-state index in [1.54, 1.807) is 36.2 Å². The third-order valence-corrected chi connectivity index (χ3v) is 7.53. The number of amides is 2. The molecule has 0 spiro atoms. The van der Waals surface area contributed by atoms with Gasteiger partial charge in [-0.25, -0.2) is 4.98 Å². The molecule has 8 nitrogen and oxygen atoms in total. The van der Waals surface area contributed by atoms with Gasteiger partial charge in [0.15, 0.2) is 0 Å². The molecule has 2 aromatic carbocycles. The maximum Gasteiger partial charge on any atom is 0.253 e. The quantitative estimate of drug-likeness (QED) is 0.226. The molecule has 4 rings (SSSR count). The molecule has 0 saturated carbocycles. The Kier molecular flexibility index (Phi) is 12.0. The first-order valence-corrected chi connectivity index (χ1v) is 15.1. The molecule has 0 fully saturated rings. The number of thiazole rings is 1. The number of hydrogen-bond acceptors (Lipinski definition) is 6. The zero-order valence-corrected chi connectivity index (χ0v) is 26.7. The first-order valence-electron chi connectivity index (χ1n) is 14.3. The lowest BCUT2D eigenvalue weighted by Crippen LogP contribution is -2.29. The summed E-state index contributed by atoms with van der Waals surface area (Å²) in [6.45, 7) is 15.0. The standard InChI is InChI=1S/C26H36N6O2S.C7H8/c1-18-17-35-23(30-18)16-31(6)25(34)21-10-7-9-20(13-21)24(33)28-12-8-11-27-14-22-15-29-32(19(22)2)26(3,4)5;1-7-5-3-2-4-6-7/h7,9-10,13,15,17,27H,8,11-12,14,16H2,1-6H3,(H,28,33);2-6H,1H3. The van der Waals surface area contributed by atoms with Crippen LogP contribution in [0.2, 0.25) is 0 Å². The molecule has 0 aliphatic carbocycles. The molecule has 0 aliphatic heterocycles. The second-order valence-corrected chi connectivity index (χ2v) is 12.3. The normalized spacial score (nSPS) is 11.0. The molecule has 9 heteroatoms. The lowest BCUT2D eigenvalue weighted by atomic mass is 10.1. The Labute approximate surface area is 254 Å². The molecule has 42 heavy (non-hydrogen) atoms. The lowest BCUT2D eigenvalue weighted by molar-refractivity contribution is 0.0785. The van der Waals surface area contributed by atoms with Crippen LogP contribution in [-0.2, 0) is 18.6 Å². The lowest BCUT2D eigenvalue weighted by Gasteiger charge is -2.21. The van der Waals surface area contributed by atoms with Crippen LogP contribution in [0, 0.1) is 20.8 Å². The van der Waals surface area contributed by atoms with E-state index in [4.69, 9.17) is 0 Å². The highest BCUT2D eigenvalue weighted by molar-refractivity contribution is 7.09. The third kappa shape index (κ3) is 9.92. The molecule has 2 N–H and O–H groups in total. The number of nitrogens with one attached hydrogen (secondary N) is 2. The van der Waals surface area contributed by atoms with Crippen LogP contribution in [0.5, 0.6) is 0 Å². The van der Waals surface area contributed by atoms with Crippen LogP contribution in [0.4, 0.5) is 0 Å². The minimum Gasteiger partial charge on any atom is -0.352 e. The molecule has 4 aromatic rings. The Morgan fingerprint density at radius 2 is 1.69 bits per heavy atom. The SMILES string of the molecule is Cc1ccccc1.Cc1csc(CN(C)C(=O)c2cccc(C(=O)NCCCNCc3cnn(C(C)(C)C)c3C)c2)n1. The minimum absolute atomic E-state index is 0.0373. The largest absolute Gasteiger partial charge is 0.352 e. The molecule has 2 amide bonds. The van der Waals surface area contributed by atoms with Crippen LogP contribution < -0.4 is 10.6 Å². The van der Waals surface area contributed by atoms with Gasteiger partial charge in [0.25, 0.3) is 11.8 Å². The van der Waals surface area contributed by atoms with Crippen LogP contribution in [0.3, 0.4) is 0 Å². The van der Waals surface area contributed by atoms with E-state index < -0.39 is 0 Å². The number of aryl methyl sites for hydroxylation is 2. The fraction of sp³-hybridized carbons (Fsp3) is 0.394. The van der Waals surface area contributed by atoms with Crippen molar-refractivity contribution in [2.45, 2.75) is 66.6 Å². The van der Waals surface area contributed by atoms with Gasteiger partial charge in [-0.3, -0.25) is 14.3 Å². The topological polar surface area (TPSA) is 92.2 Å². The molecule has 2 aromatic heterocycles. The Bertz CT molecular complexity index is 1440. The predicted molar refractivity (Wildman–Crippen MR) is 171 cm³/mol. The second-order valence-electron chi connectivity index (χ2n) is 11.4. The maximum absolute atomic E-state index is 12.8. The number of nitrogens with zero attached hydrogens (tertiary/aromatic N) is 4. The zero-order chi connectivity index (χ0) is 30.7. The van der Waals surface area contributed by atoms with Gasteiger partial charge in [-0.05, 0) is 72.7 Å². The van der Waals surface area contributed by atoms with Crippen LogP contribution in [0.15, 0.2) is 66.2 Å². The fourth-order valence-electron chi connectivity index (χ4n) is 4.33. The number of hydrogen-bond donors (Lipinski definition) is 2. The maximum atomic E-state index is 12.8. The highest BCUT2D eigenvalue weighted by Gasteiger charge is 2.18. The van der Waals surface area contributed by atoms with Crippen LogP contribution in [-0.4, -0.2) is 51.6 Å². The number of benzene rings is 2. The van der Waals surface area contributed by atoms with Gasteiger partial charge in [-0.15, -0.1) is 11.3 Å². The summed E-state index contributed by atoms with van der Waals surface area (Å²) in [5.74, 6) is -0.318. The van der Waals surface area contributed by atoms with E-state index in [2.05, 4.69) is 67.5 Å². The predicted octanol–water partition coefficient (Wildman–Crippen LogP) is 5.89. The Morgan fingerprint density at radius 3 is 2.29 bits per heavy atom. The van der Waals surface area contributed by atoms with Crippen molar-refractivity contribution >= 4 is 23.2 Å². The Balaban J connectivity index is 0.000000603. The molecular formula is C33H44N6O2S.